The maximum atomic E-state index is 12.1. The molecule has 2 rings (SSSR count). The molecule has 2 atom stereocenters. The highest BCUT2D eigenvalue weighted by Crippen LogP contribution is 2.46. The molecule has 13 heteroatoms. The molecule has 2 aliphatic rings. The molecule has 2 fully saturated rings. The molecule has 0 aliphatic carbocycles. The third-order valence-corrected chi connectivity index (χ3v) is 4.90. The second-order valence-electron chi connectivity index (χ2n) is 6.82. The average molecular weight is 444 g/mol. The van der Waals surface area contributed by atoms with Gasteiger partial charge >= 0.3 is 5.97 Å². The number of ether oxygens (including phenoxy) is 4. The zero-order valence-corrected chi connectivity index (χ0v) is 17.8. The molecule has 0 aromatic carbocycles. The fraction of sp³-hybridized carbons (Fsp3) is 0.800. The minimum atomic E-state index is -3.92. The van der Waals surface area contributed by atoms with Crippen LogP contribution in [0.2, 0.25) is 0 Å². The number of esters is 1. The van der Waals surface area contributed by atoms with Gasteiger partial charge in [0.15, 0.2) is 12.1 Å². The van der Waals surface area contributed by atoms with E-state index in [0.717, 1.165) is 18.6 Å². The van der Waals surface area contributed by atoms with Crippen molar-refractivity contribution in [3.05, 3.63) is 11.6 Å². The molecule has 0 radical (unpaired) electrons. The Morgan fingerprint density at radius 3 is 2.04 bits per heavy atom. The molecule has 11 nitrogen and oxygen atoms in total. The minimum absolute atomic E-state index is 0.0904. The Hall–Kier alpha value is -1.09. The molecule has 0 spiro atoms. The highest BCUT2D eigenvalue weighted by atomic mass is 32.2. The molecule has 28 heavy (non-hydrogen) atoms. The van der Waals surface area contributed by atoms with E-state index in [1.165, 1.54) is 0 Å². The van der Waals surface area contributed by atoms with E-state index in [-0.39, 0.29) is 12.2 Å². The first kappa shape index (κ1) is 23.2. The molecule has 162 valence electrons. The zero-order valence-electron chi connectivity index (χ0n) is 16.2. The van der Waals surface area contributed by atoms with Crippen molar-refractivity contribution < 1.29 is 48.9 Å². The molecule has 0 bridgehead atoms. The quantitative estimate of drug-likeness (QED) is 0.276. The predicted molar refractivity (Wildman–Crippen MR) is 93.9 cm³/mol. The van der Waals surface area contributed by atoms with Crippen molar-refractivity contribution in [3.8, 4) is 0 Å². The lowest BCUT2D eigenvalue weighted by atomic mass is 9.93. The van der Waals surface area contributed by atoms with Crippen molar-refractivity contribution in [1.29, 1.82) is 0 Å². The molecule has 0 N–H and O–H groups in total. The van der Waals surface area contributed by atoms with E-state index in [1.54, 1.807) is 20.8 Å². The molecule has 2 heterocycles. The molecule has 0 unspecified atom stereocenters. The highest BCUT2D eigenvalue weighted by molar-refractivity contribution is 7.86. The van der Waals surface area contributed by atoms with Crippen LogP contribution in [0.15, 0.2) is 11.6 Å². The molecular formula is C15H24O11S2. The Balaban J connectivity index is 2.47. The van der Waals surface area contributed by atoms with Crippen LogP contribution < -0.4 is 0 Å². The fourth-order valence-electron chi connectivity index (χ4n) is 2.78. The summed E-state index contributed by atoms with van der Waals surface area (Å²) in [7, 11) is -7.84. The first-order valence-corrected chi connectivity index (χ1v) is 11.9. The van der Waals surface area contributed by atoms with Crippen LogP contribution in [0.1, 0.15) is 20.8 Å². The van der Waals surface area contributed by atoms with Gasteiger partial charge in [0.1, 0.15) is 24.9 Å². The van der Waals surface area contributed by atoms with Gasteiger partial charge in [0.2, 0.25) is 0 Å². The van der Waals surface area contributed by atoms with E-state index in [4.69, 9.17) is 27.3 Å². The van der Waals surface area contributed by atoms with Gasteiger partial charge in [-0.15, -0.1) is 0 Å². The van der Waals surface area contributed by atoms with E-state index >= 15 is 0 Å². The number of hydrogen-bond acceptors (Lipinski definition) is 11. The lowest BCUT2D eigenvalue weighted by Crippen LogP contribution is -2.45. The lowest BCUT2D eigenvalue weighted by Gasteiger charge is -2.31. The maximum Gasteiger partial charge on any atom is 0.330 e. The van der Waals surface area contributed by atoms with Crippen LogP contribution >= 0.6 is 0 Å². The molecule has 0 aromatic rings. The Kier molecular flexibility index (Phi) is 6.60. The molecular weight excluding hydrogens is 420 g/mol. The molecule has 2 aliphatic heterocycles. The van der Waals surface area contributed by atoms with Crippen LogP contribution in [0.5, 0.6) is 0 Å². The Labute approximate surface area is 164 Å². The van der Waals surface area contributed by atoms with Crippen molar-refractivity contribution in [2.45, 2.75) is 44.6 Å². The van der Waals surface area contributed by atoms with E-state index in [0.29, 0.717) is 0 Å². The summed E-state index contributed by atoms with van der Waals surface area (Å²) < 4.78 is 77.7. The number of carbonyl (C=O) groups excluding carboxylic acids is 1. The number of hydrogen-bond donors (Lipinski definition) is 0. The summed E-state index contributed by atoms with van der Waals surface area (Å²) in [6.07, 6.45) is 0.723. The lowest BCUT2D eigenvalue weighted by molar-refractivity contribution is -0.225. The Bertz CT molecular complexity index is 805. The van der Waals surface area contributed by atoms with Crippen molar-refractivity contribution in [2.75, 3.05) is 32.3 Å². The van der Waals surface area contributed by atoms with Gasteiger partial charge in [-0.1, -0.05) is 0 Å². The van der Waals surface area contributed by atoms with Crippen molar-refractivity contribution in [1.82, 2.24) is 0 Å². The number of fused-ring (bicyclic) bond motifs is 1. The zero-order chi connectivity index (χ0) is 21.4. The third kappa shape index (κ3) is 5.95. The SMILES string of the molecule is CCOC(=O)/C=C1\[C@H]2OC(C)(C)O[C@H]2OC1(COS(C)(=O)=O)COS(C)(=O)=O. The molecule has 0 aromatic heterocycles. The largest absolute Gasteiger partial charge is 0.463 e. The first-order chi connectivity index (χ1) is 12.7. The average Bonchev–Trinajstić information content (AvgIpc) is 2.93. The van der Waals surface area contributed by atoms with Gasteiger partial charge in [-0.3, -0.25) is 8.37 Å². The van der Waals surface area contributed by atoms with Gasteiger partial charge in [-0.2, -0.15) is 16.8 Å². The summed E-state index contributed by atoms with van der Waals surface area (Å²) >= 11 is 0. The summed E-state index contributed by atoms with van der Waals surface area (Å²) in [6.45, 7) is 3.62. The van der Waals surface area contributed by atoms with Gasteiger partial charge in [0, 0.05) is 11.6 Å². The van der Waals surface area contributed by atoms with E-state index < -0.39 is 63.2 Å². The molecule has 2 saturated heterocycles. The number of rotatable bonds is 8. The van der Waals surface area contributed by atoms with Gasteiger partial charge in [-0.05, 0) is 20.8 Å². The maximum absolute atomic E-state index is 12.1. The predicted octanol–water partition coefficient (Wildman–Crippen LogP) is -0.325. The van der Waals surface area contributed by atoms with Crippen molar-refractivity contribution >= 4 is 26.2 Å². The van der Waals surface area contributed by atoms with Crippen LogP contribution in [-0.2, 0) is 52.3 Å². The minimum Gasteiger partial charge on any atom is -0.463 e. The summed E-state index contributed by atoms with van der Waals surface area (Å²) in [5.74, 6) is -1.80. The summed E-state index contributed by atoms with van der Waals surface area (Å²) in [6, 6.07) is 0. The highest BCUT2D eigenvalue weighted by Gasteiger charge is 2.59. The first-order valence-electron chi connectivity index (χ1n) is 8.27. The standard InChI is InChI=1S/C15H24O11S2/c1-6-21-11(16)7-10-12-13(25-14(2,3)24-12)26-15(10,8-22-27(4,17)18)9-23-28(5,19)20/h7,12-13H,6,8-9H2,1-5H3/b10-7+/t12-,13+/m1/s1. The van der Waals surface area contributed by atoms with Crippen molar-refractivity contribution in [2.24, 2.45) is 0 Å². The smallest absolute Gasteiger partial charge is 0.330 e. The monoisotopic (exact) mass is 444 g/mol. The van der Waals surface area contributed by atoms with Crippen LogP contribution in [0, 0.1) is 0 Å². The number of carbonyl (C=O) groups is 1. The van der Waals surface area contributed by atoms with Crippen molar-refractivity contribution in [3.63, 3.8) is 0 Å². The summed E-state index contributed by atoms with van der Waals surface area (Å²) in [5.41, 5.74) is -1.68. The normalized spacial score (nSPS) is 27.7. The Morgan fingerprint density at radius 2 is 1.57 bits per heavy atom. The van der Waals surface area contributed by atoms with E-state index in [2.05, 4.69) is 0 Å². The summed E-state index contributed by atoms with van der Waals surface area (Å²) in [5, 5.41) is 0. The fourth-order valence-corrected chi connectivity index (χ4v) is 3.59. The summed E-state index contributed by atoms with van der Waals surface area (Å²) in [4.78, 5) is 12.1. The molecule has 0 amide bonds. The van der Waals surface area contributed by atoms with Gasteiger partial charge in [0.25, 0.3) is 20.2 Å². The van der Waals surface area contributed by atoms with Crippen LogP contribution in [0.25, 0.3) is 0 Å². The third-order valence-electron chi connectivity index (χ3n) is 3.80. The van der Waals surface area contributed by atoms with E-state index in [1.807, 2.05) is 0 Å². The van der Waals surface area contributed by atoms with E-state index in [9.17, 15) is 21.6 Å². The van der Waals surface area contributed by atoms with Gasteiger partial charge < -0.3 is 18.9 Å². The second kappa shape index (κ2) is 7.97. The van der Waals surface area contributed by atoms with Gasteiger partial charge in [0.05, 0.1) is 19.1 Å². The van der Waals surface area contributed by atoms with Crippen LogP contribution in [-0.4, -0.2) is 78.9 Å². The second-order valence-corrected chi connectivity index (χ2v) is 10.1. The van der Waals surface area contributed by atoms with Gasteiger partial charge in [-0.25, -0.2) is 4.79 Å². The topological polar surface area (TPSA) is 141 Å². The van der Waals surface area contributed by atoms with Crippen LogP contribution in [0.3, 0.4) is 0 Å². The Morgan fingerprint density at radius 1 is 1.04 bits per heavy atom. The molecule has 0 saturated carbocycles. The van der Waals surface area contributed by atoms with Crippen LogP contribution in [0.4, 0.5) is 0 Å².